The van der Waals surface area contributed by atoms with Crippen molar-refractivity contribution >= 4 is 23.4 Å². The molecule has 0 atom stereocenters. The number of nitro groups is 1. The zero-order valence-electron chi connectivity index (χ0n) is 17.1. The third-order valence-corrected chi connectivity index (χ3v) is 4.26. The summed E-state index contributed by atoms with van der Waals surface area (Å²) in [6, 6.07) is 9.76. The molecule has 2 aromatic rings. The molecule has 0 aliphatic rings. The second-order valence-corrected chi connectivity index (χ2v) is 7.02. The number of anilines is 1. The number of nitrogens with one attached hydrogen (secondary N) is 1. The summed E-state index contributed by atoms with van der Waals surface area (Å²) in [5, 5.41) is 13.6. The van der Waals surface area contributed by atoms with Crippen LogP contribution in [-0.4, -0.2) is 24.5 Å². The van der Waals surface area contributed by atoms with Gasteiger partial charge in [-0.05, 0) is 48.6 Å². The molecule has 0 saturated carbocycles. The van der Waals surface area contributed by atoms with E-state index in [0.717, 1.165) is 17.5 Å². The first-order valence-corrected chi connectivity index (χ1v) is 9.35. The summed E-state index contributed by atoms with van der Waals surface area (Å²) in [5.74, 6) is 1.41. The largest absolute Gasteiger partial charge is 0.493 e. The van der Waals surface area contributed by atoms with Crippen molar-refractivity contribution in [2.24, 2.45) is 5.92 Å². The third-order valence-electron chi connectivity index (χ3n) is 4.26. The van der Waals surface area contributed by atoms with E-state index in [0.29, 0.717) is 29.7 Å². The minimum Gasteiger partial charge on any atom is -0.493 e. The van der Waals surface area contributed by atoms with Crippen LogP contribution >= 0.6 is 0 Å². The van der Waals surface area contributed by atoms with E-state index in [1.807, 2.05) is 6.07 Å². The van der Waals surface area contributed by atoms with E-state index in [2.05, 4.69) is 19.2 Å². The maximum absolute atomic E-state index is 12.2. The van der Waals surface area contributed by atoms with Crippen molar-refractivity contribution in [3.05, 3.63) is 63.7 Å². The van der Waals surface area contributed by atoms with Gasteiger partial charge in [0.1, 0.15) is 0 Å². The fraction of sp³-hybridized carbons (Fsp3) is 0.318. The molecule has 1 N–H and O–H groups in total. The second kappa shape index (κ2) is 10.3. The lowest BCUT2D eigenvalue weighted by atomic mass is 10.1. The maximum atomic E-state index is 12.2. The number of benzene rings is 2. The molecule has 0 radical (unpaired) electrons. The van der Waals surface area contributed by atoms with Gasteiger partial charge in [0.25, 0.3) is 5.69 Å². The molecule has 1 amide bonds. The van der Waals surface area contributed by atoms with Gasteiger partial charge in [-0.25, -0.2) is 0 Å². The molecule has 7 nitrogen and oxygen atoms in total. The fourth-order valence-electron chi connectivity index (χ4n) is 2.52. The Morgan fingerprint density at radius 1 is 1.21 bits per heavy atom. The molecule has 0 unspecified atom stereocenters. The first-order valence-electron chi connectivity index (χ1n) is 9.35. The predicted molar refractivity (Wildman–Crippen MR) is 113 cm³/mol. The molecule has 154 valence electrons. The van der Waals surface area contributed by atoms with Crippen LogP contribution < -0.4 is 14.8 Å². The molecule has 29 heavy (non-hydrogen) atoms. The number of ether oxygens (including phenoxy) is 2. The van der Waals surface area contributed by atoms with Gasteiger partial charge in [0.05, 0.1) is 24.3 Å². The Hall–Kier alpha value is -3.35. The van der Waals surface area contributed by atoms with Crippen LogP contribution in [0.15, 0.2) is 42.5 Å². The van der Waals surface area contributed by atoms with E-state index in [1.54, 1.807) is 38.3 Å². The van der Waals surface area contributed by atoms with Crippen LogP contribution in [0.4, 0.5) is 11.4 Å². The summed E-state index contributed by atoms with van der Waals surface area (Å²) in [7, 11) is 1.57. The highest BCUT2D eigenvalue weighted by Crippen LogP contribution is 2.29. The Labute approximate surface area is 170 Å². The number of nitrogens with zero attached hydrogens (tertiary/aromatic N) is 1. The average molecular weight is 398 g/mol. The number of aryl methyl sites for hydroxylation is 1. The Balaban J connectivity index is 2.06. The zero-order chi connectivity index (χ0) is 21.4. The summed E-state index contributed by atoms with van der Waals surface area (Å²) in [6.07, 6.45) is 3.96. The number of hydrogen-bond donors (Lipinski definition) is 1. The van der Waals surface area contributed by atoms with Crippen molar-refractivity contribution in [3.8, 4) is 11.5 Å². The molecule has 0 spiro atoms. The Morgan fingerprint density at radius 3 is 2.62 bits per heavy atom. The molecule has 2 aromatic carbocycles. The highest BCUT2D eigenvalue weighted by Gasteiger charge is 2.10. The molecule has 7 heteroatoms. The van der Waals surface area contributed by atoms with Crippen LogP contribution in [-0.2, 0) is 4.79 Å². The summed E-state index contributed by atoms with van der Waals surface area (Å²) in [5.41, 5.74) is 1.83. The minimum atomic E-state index is -0.498. The summed E-state index contributed by atoms with van der Waals surface area (Å²) in [6.45, 7) is 6.64. The standard InChI is InChI=1S/C22H26N2O5/c1-15(2)11-12-29-20-9-6-17(13-21(20)28-4)7-10-22(25)23-19-14-18(24(26)27)8-5-16(19)3/h5-10,13-15H,11-12H2,1-4H3,(H,23,25)/b10-7+. The Bertz CT molecular complexity index is 906. The van der Waals surface area contributed by atoms with Crippen molar-refractivity contribution in [3.63, 3.8) is 0 Å². The van der Waals surface area contributed by atoms with Gasteiger partial charge in [0.15, 0.2) is 11.5 Å². The summed E-state index contributed by atoms with van der Waals surface area (Å²) in [4.78, 5) is 22.6. The fourth-order valence-corrected chi connectivity index (χ4v) is 2.52. The van der Waals surface area contributed by atoms with Gasteiger partial charge < -0.3 is 14.8 Å². The summed E-state index contributed by atoms with van der Waals surface area (Å²) < 4.78 is 11.1. The predicted octanol–water partition coefficient (Wildman–Crippen LogP) is 4.99. The Morgan fingerprint density at radius 2 is 1.97 bits per heavy atom. The van der Waals surface area contributed by atoms with Gasteiger partial charge in [-0.3, -0.25) is 14.9 Å². The number of methoxy groups -OCH3 is 1. The number of nitro benzene ring substituents is 1. The van der Waals surface area contributed by atoms with Crippen molar-refractivity contribution in [2.45, 2.75) is 27.2 Å². The smallest absolute Gasteiger partial charge is 0.271 e. The monoisotopic (exact) mass is 398 g/mol. The van der Waals surface area contributed by atoms with Gasteiger partial charge in [-0.15, -0.1) is 0 Å². The van der Waals surface area contributed by atoms with Crippen LogP contribution in [0.3, 0.4) is 0 Å². The maximum Gasteiger partial charge on any atom is 0.271 e. The van der Waals surface area contributed by atoms with Crippen LogP contribution in [0.5, 0.6) is 11.5 Å². The topological polar surface area (TPSA) is 90.7 Å². The molecular weight excluding hydrogens is 372 g/mol. The van der Waals surface area contributed by atoms with Crippen molar-refractivity contribution in [1.29, 1.82) is 0 Å². The van der Waals surface area contributed by atoms with E-state index in [9.17, 15) is 14.9 Å². The lowest BCUT2D eigenvalue weighted by Crippen LogP contribution is -2.09. The third kappa shape index (κ3) is 6.64. The molecular formula is C22H26N2O5. The van der Waals surface area contributed by atoms with E-state index >= 15 is 0 Å². The minimum absolute atomic E-state index is 0.0762. The van der Waals surface area contributed by atoms with Crippen LogP contribution in [0.1, 0.15) is 31.4 Å². The van der Waals surface area contributed by atoms with Gasteiger partial charge in [-0.1, -0.05) is 26.0 Å². The van der Waals surface area contributed by atoms with Crippen LogP contribution in [0.25, 0.3) is 6.08 Å². The zero-order valence-corrected chi connectivity index (χ0v) is 17.1. The highest BCUT2D eigenvalue weighted by molar-refractivity contribution is 6.02. The lowest BCUT2D eigenvalue weighted by Gasteiger charge is -2.12. The summed E-state index contributed by atoms with van der Waals surface area (Å²) >= 11 is 0. The van der Waals surface area contributed by atoms with Crippen LogP contribution in [0, 0.1) is 23.0 Å². The van der Waals surface area contributed by atoms with Crippen molar-refractivity contribution < 1.29 is 19.2 Å². The molecule has 0 aliphatic carbocycles. The SMILES string of the molecule is COc1cc(/C=C/C(=O)Nc2cc([N+](=O)[O-])ccc2C)ccc1OCCC(C)C. The highest BCUT2D eigenvalue weighted by atomic mass is 16.6. The molecule has 0 bridgehead atoms. The first-order chi connectivity index (χ1) is 13.8. The molecule has 2 rings (SSSR count). The number of carbonyl (C=O) groups excluding carboxylic acids is 1. The van der Waals surface area contributed by atoms with E-state index in [1.165, 1.54) is 18.2 Å². The molecule has 0 aliphatic heterocycles. The molecule has 0 saturated heterocycles. The van der Waals surface area contributed by atoms with Gasteiger partial charge in [0.2, 0.25) is 5.91 Å². The lowest BCUT2D eigenvalue weighted by molar-refractivity contribution is -0.384. The average Bonchev–Trinajstić information content (AvgIpc) is 2.68. The van der Waals surface area contributed by atoms with Crippen molar-refractivity contribution in [1.82, 2.24) is 0 Å². The number of hydrogen-bond acceptors (Lipinski definition) is 5. The Kier molecular flexibility index (Phi) is 7.77. The second-order valence-electron chi connectivity index (χ2n) is 7.02. The van der Waals surface area contributed by atoms with E-state index < -0.39 is 4.92 Å². The van der Waals surface area contributed by atoms with Gasteiger partial charge in [0, 0.05) is 18.2 Å². The normalized spacial score (nSPS) is 10.9. The quantitative estimate of drug-likeness (QED) is 0.365. The molecule has 0 aromatic heterocycles. The van der Waals surface area contributed by atoms with Crippen molar-refractivity contribution in [2.75, 3.05) is 19.0 Å². The number of amides is 1. The first kappa shape index (κ1) is 21.9. The molecule has 0 heterocycles. The van der Waals surface area contributed by atoms with Gasteiger partial charge in [-0.2, -0.15) is 0 Å². The van der Waals surface area contributed by atoms with Crippen LogP contribution in [0.2, 0.25) is 0 Å². The number of rotatable bonds is 9. The van der Waals surface area contributed by atoms with Gasteiger partial charge >= 0.3 is 0 Å². The number of carbonyl (C=O) groups is 1. The van der Waals surface area contributed by atoms with E-state index in [-0.39, 0.29) is 11.6 Å². The van der Waals surface area contributed by atoms with E-state index in [4.69, 9.17) is 9.47 Å². The molecule has 0 fully saturated rings. The number of non-ortho nitro benzene ring substituents is 1.